The van der Waals surface area contributed by atoms with Gasteiger partial charge in [0.15, 0.2) is 5.82 Å². The number of carbonyl (C=O) groups excluding carboxylic acids is 1. The summed E-state index contributed by atoms with van der Waals surface area (Å²) in [6.07, 6.45) is 0. The third-order valence-electron chi connectivity index (χ3n) is 2.73. The number of aromatic nitrogens is 3. The third kappa shape index (κ3) is 2.17. The van der Waals surface area contributed by atoms with Gasteiger partial charge in [-0.15, -0.1) is 5.10 Å². The van der Waals surface area contributed by atoms with Crippen molar-refractivity contribution in [1.82, 2.24) is 15.0 Å². The first-order valence-electron chi connectivity index (χ1n) is 5.45. The molecule has 94 valence electrons. The molecule has 6 nitrogen and oxygen atoms in total. The zero-order valence-electron chi connectivity index (χ0n) is 10.3. The molecule has 0 saturated heterocycles. The van der Waals surface area contributed by atoms with Crippen molar-refractivity contribution in [1.29, 1.82) is 0 Å². The summed E-state index contributed by atoms with van der Waals surface area (Å²) in [6.45, 7) is 2.48. The molecule has 0 aliphatic rings. The highest BCUT2D eigenvalue weighted by Crippen LogP contribution is 2.13. The van der Waals surface area contributed by atoms with Gasteiger partial charge < -0.3 is 10.5 Å². The topological polar surface area (TPSA) is 83.0 Å². The predicted molar refractivity (Wildman–Crippen MR) is 66.1 cm³/mol. The largest absolute Gasteiger partial charge is 0.464 e. The van der Waals surface area contributed by atoms with Crippen molar-refractivity contribution in [3.63, 3.8) is 0 Å². The van der Waals surface area contributed by atoms with Crippen LogP contribution in [0.25, 0.3) is 0 Å². The molecule has 0 aliphatic heterocycles. The van der Waals surface area contributed by atoms with E-state index in [9.17, 15) is 4.79 Å². The van der Waals surface area contributed by atoms with Crippen LogP contribution in [0.1, 0.15) is 21.6 Å². The highest BCUT2D eigenvalue weighted by molar-refractivity contribution is 5.91. The van der Waals surface area contributed by atoms with Crippen molar-refractivity contribution in [2.45, 2.75) is 13.5 Å². The van der Waals surface area contributed by atoms with Crippen molar-refractivity contribution < 1.29 is 9.53 Å². The molecule has 1 heterocycles. The minimum atomic E-state index is -0.580. The Morgan fingerprint density at radius 3 is 2.83 bits per heavy atom. The molecule has 1 aromatic heterocycles. The van der Waals surface area contributed by atoms with E-state index in [2.05, 4.69) is 15.0 Å². The number of rotatable bonds is 3. The number of methoxy groups -OCH3 is 1. The van der Waals surface area contributed by atoms with E-state index in [4.69, 9.17) is 5.73 Å². The van der Waals surface area contributed by atoms with Crippen LogP contribution in [0, 0.1) is 6.92 Å². The fourth-order valence-electron chi connectivity index (χ4n) is 1.63. The van der Waals surface area contributed by atoms with Crippen LogP contribution in [0.5, 0.6) is 0 Å². The monoisotopic (exact) mass is 246 g/mol. The molecule has 0 spiro atoms. The highest BCUT2D eigenvalue weighted by Gasteiger charge is 2.17. The summed E-state index contributed by atoms with van der Waals surface area (Å²) in [6, 6.07) is 7.89. The molecular weight excluding hydrogens is 232 g/mol. The highest BCUT2D eigenvalue weighted by atomic mass is 16.5. The number of hydrogen-bond acceptors (Lipinski definition) is 5. The van der Waals surface area contributed by atoms with Crippen LogP contribution in [-0.2, 0) is 11.3 Å². The Bertz CT molecular complexity index is 577. The minimum absolute atomic E-state index is 0.0473. The second-order valence-electron chi connectivity index (χ2n) is 3.90. The number of carbonyl (C=O) groups is 1. The second-order valence-corrected chi connectivity index (χ2v) is 3.90. The van der Waals surface area contributed by atoms with Crippen molar-refractivity contribution in [2.75, 3.05) is 12.8 Å². The molecule has 0 atom stereocenters. The molecule has 0 saturated carbocycles. The van der Waals surface area contributed by atoms with Gasteiger partial charge >= 0.3 is 5.97 Å². The first-order valence-corrected chi connectivity index (χ1v) is 5.45. The number of benzene rings is 1. The summed E-state index contributed by atoms with van der Waals surface area (Å²) < 4.78 is 6.05. The summed E-state index contributed by atoms with van der Waals surface area (Å²) in [4.78, 5) is 11.3. The molecule has 6 heteroatoms. The van der Waals surface area contributed by atoms with Crippen LogP contribution in [0.15, 0.2) is 24.3 Å². The fraction of sp³-hybridized carbons (Fsp3) is 0.250. The SMILES string of the molecule is COC(=O)c1nnn(Cc2ccccc2C)c1N. The number of nitrogens with two attached hydrogens (primary N) is 1. The fourth-order valence-corrected chi connectivity index (χ4v) is 1.63. The molecule has 0 amide bonds. The molecule has 2 rings (SSSR count). The van der Waals surface area contributed by atoms with Crippen molar-refractivity contribution in [2.24, 2.45) is 0 Å². The van der Waals surface area contributed by atoms with Crippen LogP contribution >= 0.6 is 0 Å². The minimum Gasteiger partial charge on any atom is -0.464 e. The van der Waals surface area contributed by atoms with E-state index in [1.165, 1.54) is 11.8 Å². The van der Waals surface area contributed by atoms with E-state index in [0.717, 1.165) is 11.1 Å². The maximum absolute atomic E-state index is 11.3. The molecule has 18 heavy (non-hydrogen) atoms. The average Bonchev–Trinajstić information content (AvgIpc) is 2.73. The number of anilines is 1. The van der Waals surface area contributed by atoms with Gasteiger partial charge in [-0.05, 0) is 18.1 Å². The zero-order chi connectivity index (χ0) is 13.1. The van der Waals surface area contributed by atoms with Crippen LogP contribution in [-0.4, -0.2) is 28.1 Å². The van der Waals surface area contributed by atoms with Gasteiger partial charge in [-0.3, -0.25) is 0 Å². The number of aryl methyl sites for hydroxylation is 1. The Kier molecular flexibility index (Phi) is 3.27. The number of esters is 1. The predicted octanol–water partition coefficient (Wildman–Crippen LogP) is 1.00. The average molecular weight is 246 g/mol. The summed E-state index contributed by atoms with van der Waals surface area (Å²) in [5.74, 6) is -0.367. The first kappa shape index (κ1) is 12.1. The smallest absolute Gasteiger partial charge is 0.362 e. The maximum Gasteiger partial charge on any atom is 0.362 e. The van der Waals surface area contributed by atoms with E-state index in [1.807, 2.05) is 31.2 Å². The maximum atomic E-state index is 11.3. The number of nitrogens with zero attached hydrogens (tertiary/aromatic N) is 3. The Hall–Kier alpha value is -2.37. The molecule has 2 aromatic rings. The summed E-state index contributed by atoms with van der Waals surface area (Å²) in [5.41, 5.74) is 8.07. The van der Waals surface area contributed by atoms with Gasteiger partial charge in [-0.25, -0.2) is 9.48 Å². The number of nitrogen functional groups attached to an aromatic ring is 1. The van der Waals surface area contributed by atoms with Gasteiger partial charge in [-0.1, -0.05) is 29.5 Å². The standard InChI is InChI=1S/C12H14N4O2/c1-8-5-3-4-6-9(8)7-16-11(13)10(14-15-16)12(17)18-2/h3-6H,7,13H2,1-2H3. The molecule has 0 unspecified atom stereocenters. The van der Waals surface area contributed by atoms with Crippen molar-refractivity contribution in [3.05, 3.63) is 41.1 Å². The number of ether oxygens (including phenoxy) is 1. The summed E-state index contributed by atoms with van der Waals surface area (Å²) >= 11 is 0. The van der Waals surface area contributed by atoms with Gasteiger partial charge in [-0.2, -0.15) is 0 Å². The van der Waals surface area contributed by atoms with Crippen LogP contribution in [0.2, 0.25) is 0 Å². The molecule has 0 fully saturated rings. The van der Waals surface area contributed by atoms with E-state index in [0.29, 0.717) is 6.54 Å². The van der Waals surface area contributed by atoms with Crippen molar-refractivity contribution >= 4 is 11.8 Å². The lowest BCUT2D eigenvalue weighted by molar-refractivity contribution is 0.0595. The quantitative estimate of drug-likeness (QED) is 0.817. The Morgan fingerprint density at radius 2 is 2.17 bits per heavy atom. The Balaban J connectivity index is 2.29. The molecule has 1 aromatic carbocycles. The lowest BCUT2D eigenvalue weighted by Gasteiger charge is -2.06. The van der Waals surface area contributed by atoms with Crippen LogP contribution in [0.4, 0.5) is 5.82 Å². The van der Waals surface area contributed by atoms with Crippen LogP contribution < -0.4 is 5.73 Å². The van der Waals surface area contributed by atoms with Crippen LogP contribution in [0.3, 0.4) is 0 Å². The number of hydrogen-bond donors (Lipinski definition) is 1. The third-order valence-corrected chi connectivity index (χ3v) is 2.73. The Morgan fingerprint density at radius 1 is 1.44 bits per heavy atom. The second kappa shape index (κ2) is 4.87. The lowest BCUT2D eigenvalue weighted by Crippen LogP contribution is -2.10. The van der Waals surface area contributed by atoms with E-state index < -0.39 is 5.97 Å². The molecule has 0 radical (unpaired) electrons. The van der Waals surface area contributed by atoms with Crippen molar-refractivity contribution in [3.8, 4) is 0 Å². The lowest BCUT2D eigenvalue weighted by atomic mass is 10.1. The molecule has 2 N–H and O–H groups in total. The van der Waals surface area contributed by atoms with Gasteiger partial charge in [0.1, 0.15) is 0 Å². The summed E-state index contributed by atoms with van der Waals surface area (Å²) in [5, 5.41) is 7.59. The summed E-state index contributed by atoms with van der Waals surface area (Å²) in [7, 11) is 1.28. The van der Waals surface area contributed by atoms with Gasteiger partial charge in [0.25, 0.3) is 0 Å². The van der Waals surface area contributed by atoms with E-state index >= 15 is 0 Å². The van der Waals surface area contributed by atoms with Gasteiger partial charge in [0.2, 0.25) is 5.69 Å². The van der Waals surface area contributed by atoms with Gasteiger partial charge in [0, 0.05) is 0 Å². The molecule has 0 aliphatic carbocycles. The Labute approximate surface area is 104 Å². The van der Waals surface area contributed by atoms with E-state index in [-0.39, 0.29) is 11.5 Å². The van der Waals surface area contributed by atoms with E-state index in [1.54, 1.807) is 0 Å². The van der Waals surface area contributed by atoms with Gasteiger partial charge in [0.05, 0.1) is 13.7 Å². The molecule has 0 bridgehead atoms. The first-order chi connectivity index (χ1) is 8.63. The zero-order valence-corrected chi connectivity index (χ0v) is 10.3. The molecular formula is C12H14N4O2. The normalized spacial score (nSPS) is 10.3.